The number of piperidine rings is 1. The highest BCUT2D eigenvalue weighted by Crippen LogP contribution is 2.23. The van der Waals surface area contributed by atoms with E-state index in [2.05, 4.69) is 15.5 Å². The van der Waals surface area contributed by atoms with E-state index in [0.717, 1.165) is 10.6 Å². The highest BCUT2D eigenvalue weighted by Gasteiger charge is 2.40. The number of aryl methyl sites for hydroxylation is 1. The Morgan fingerprint density at radius 3 is 2.59 bits per heavy atom. The van der Waals surface area contributed by atoms with E-state index >= 15 is 0 Å². The van der Waals surface area contributed by atoms with Crippen molar-refractivity contribution in [1.82, 2.24) is 20.4 Å². The zero-order chi connectivity index (χ0) is 19.3. The van der Waals surface area contributed by atoms with Gasteiger partial charge in [-0.2, -0.15) is 0 Å². The maximum absolute atomic E-state index is 12.4. The van der Waals surface area contributed by atoms with Crippen molar-refractivity contribution in [2.24, 2.45) is 0 Å². The first kappa shape index (κ1) is 19.2. The molecule has 1 aromatic heterocycles. The second-order valence-electron chi connectivity index (χ2n) is 6.50. The molecule has 2 aromatic rings. The summed E-state index contributed by atoms with van der Waals surface area (Å²) in [7, 11) is 0. The molecule has 2 amide bonds. The second-order valence-corrected chi connectivity index (χ2v) is 7.76. The van der Waals surface area contributed by atoms with Gasteiger partial charge in [0.05, 0.1) is 6.54 Å². The number of carbonyl (C=O) groups excluding carboxylic acids is 2. The van der Waals surface area contributed by atoms with Crippen LogP contribution >= 0.6 is 11.3 Å². The fourth-order valence-electron chi connectivity index (χ4n) is 2.89. The number of nitrogens with one attached hydrogen (secondary N) is 1. The summed E-state index contributed by atoms with van der Waals surface area (Å²) >= 11 is 1.40. The normalized spacial score (nSPS) is 16.4. The van der Waals surface area contributed by atoms with E-state index in [1.54, 1.807) is 11.0 Å². The van der Waals surface area contributed by atoms with E-state index in [0.29, 0.717) is 18.1 Å². The van der Waals surface area contributed by atoms with Crippen LogP contribution < -0.4 is 5.32 Å². The van der Waals surface area contributed by atoms with Gasteiger partial charge in [-0.05, 0) is 18.6 Å². The zero-order valence-electron chi connectivity index (χ0n) is 15.1. The number of hydrogen-bond donors (Lipinski definition) is 2. The molecule has 2 N–H and O–H groups in total. The molecule has 0 atom stereocenters. The summed E-state index contributed by atoms with van der Waals surface area (Å²) in [6.45, 7) is 2.75. The summed E-state index contributed by atoms with van der Waals surface area (Å²) in [4.78, 5) is 26.3. The first-order valence-corrected chi connectivity index (χ1v) is 9.60. The van der Waals surface area contributed by atoms with E-state index in [9.17, 15) is 14.7 Å². The zero-order valence-corrected chi connectivity index (χ0v) is 15.9. The average molecular weight is 386 g/mol. The molecule has 2 heterocycles. The van der Waals surface area contributed by atoms with Crippen LogP contribution in [0.1, 0.15) is 28.4 Å². The van der Waals surface area contributed by atoms with Crippen LogP contribution in [0, 0.1) is 6.92 Å². The molecule has 8 heteroatoms. The molecule has 0 bridgehead atoms. The number of carbonyl (C=O) groups is 2. The van der Waals surface area contributed by atoms with Gasteiger partial charge in [-0.3, -0.25) is 9.59 Å². The quantitative estimate of drug-likeness (QED) is 0.760. The Hall–Kier alpha value is -2.58. The van der Waals surface area contributed by atoms with Gasteiger partial charge in [-0.1, -0.05) is 41.7 Å². The van der Waals surface area contributed by atoms with Crippen molar-refractivity contribution in [2.75, 3.05) is 13.1 Å². The van der Waals surface area contributed by atoms with Gasteiger partial charge in [0.25, 0.3) is 5.91 Å². The lowest BCUT2D eigenvalue weighted by Crippen LogP contribution is -2.54. The number of likely N-dealkylation sites (tertiary alicyclic amines) is 1. The maximum Gasteiger partial charge on any atom is 0.252 e. The van der Waals surface area contributed by atoms with Gasteiger partial charge in [-0.15, -0.1) is 10.2 Å². The molecule has 1 saturated heterocycles. The van der Waals surface area contributed by atoms with Crippen LogP contribution in [0.5, 0.6) is 0 Å². The Balaban J connectivity index is 1.50. The average Bonchev–Trinajstić information content (AvgIpc) is 3.11. The van der Waals surface area contributed by atoms with Gasteiger partial charge in [0.1, 0.15) is 15.6 Å². The summed E-state index contributed by atoms with van der Waals surface area (Å²) in [5.41, 5.74) is -0.509. The van der Waals surface area contributed by atoms with Crippen LogP contribution in [-0.4, -0.2) is 50.7 Å². The van der Waals surface area contributed by atoms with Crippen molar-refractivity contribution >= 4 is 29.2 Å². The third-order valence-electron chi connectivity index (χ3n) is 4.51. The molecule has 27 heavy (non-hydrogen) atoms. The van der Waals surface area contributed by atoms with Crippen molar-refractivity contribution in [1.29, 1.82) is 0 Å². The molecular weight excluding hydrogens is 364 g/mol. The number of benzene rings is 1. The Morgan fingerprint density at radius 1 is 1.26 bits per heavy atom. The Labute approximate surface area is 161 Å². The van der Waals surface area contributed by atoms with Crippen molar-refractivity contribution < 1.29 is 14.7 Å². The van der Waals surface area contributed by atoms with Crippen molar-refractivity contribution in [3.8, 4) is 0 Å². The van der Waals surface area contributed by atoms with Crippen LogP contribution in [0.15, 0.2) is 36.4 Å². The summed E-state index contributed by atoms with van der Waals surface area (Å²) in [5, 5.41) is 22.7. The van der Waals surface area contributed by atoms with E-state index in [4.69, 9.17) is 0 Å². The maximum atomic E-state index is 12.4. The first-order chi connectivity index (χ1) is 13.0. The Morgan fingerprint density at radius 2 is 1.96 bits per heavy atom. The molecule has 142 valence electrons. The van der Waals surface area contributed by atoms with Gasteiger partial charge >= 0.3 is 0 Å². The molecule has 0 aliphatic carbocycles. The molecule has 0 radical (unpaired) electrons. The molecule has 0 spiro atoms. The van der Waals surface area contributed by atoms with Crippen LogP contribution in [0.25, 0.3) is 6.08 Å². The molecule has 0 unspecified atom stereocenters. The van der Waals surface area contributed by atoms with E-state index in [1.807, 2.05) is 37.3 Å². The molecule has 1 aliphatic heterocycles. The van der Waals surface area contributed by atoms with Crippen LogP contribution in [0.2, 0.25) is 0 Å². The van der Waals surface area contributed by atoms with Crippen LogP contribution in [-0.2, 0) is 16.1 Å². The number of rotatable bonds is 5. The fraction of sp³-hybridized carbons (Fsp3) is 0.368. The number of aromatic nitrogens is 2. The smallest absolute Gasteiger partial charge is 0.252 e. The molecule has 1 aliphatic rings. The lowest BCUT2D eigenvalue weighted by molar-refractivity contribution is -0.148. The Kier molecular flexibility index (Phi) is 5.98. The Bertz CT molecular complexity index is 826. The first-order valence-electron chi connectivity index (χ1n) is 8.78. The van der Waals surface area contributed by atoms with Gasteiger partial charge in [-0.25, -0.2) is 0 Å². The predicted octanol–water partition coefficient (Wildman–Crippen LogP) is 1.53. The molecular formula is C19H22N4O3S. The third-order valence-corrected chi connectivity index (χ3v) is 5.35. The van der Waals surface area contributed by atoms with Gasteiger partial charge < -0.3 is 15.3 Å². The third kappa shape index (κ3) is 4.99. The van der Waals surface area contributed by atoms with Gasteiger partial charge in [0.2, 0.25) is 5.91 Å². The lowest BCUT2D eigenvalue weighted by Gasteiger charge is -2.36. The minimum atomic E-state index is -1.46. The second kappa shape index (κ2) is 8.41. The number of nitrogens with zero attached hydrogens (tertiary/aromatic N) is 3. The largest absolute Gasteiger partial charge is 0.380 e. The molecule has 7 nitrogen and oxygen atoms in total. The highest BCUT2D eigenvalue weighted by atomic mass is 32.1. The highest BCUT2D eigenvalue weighted by molar-refractivity contribution is 7.11. The topological polar surface area (TPSA) is 95.4 Å². The summed E-state index contributed by atoms with van der Waals surface area (Å²) in [5.74, 6) is -0.548. The molecule has 1 fully saturated rings. The fourth-order valence-corrected chi connectivity index (χ4v) is 3.54. The standard InChI is InChI=1S/C19H22N4O3S/c1-14-21-22-16(27-14)13-20-18(25)19(26)9-11-23(12-10-19)17(24)8-7-15-5-3-2-4-6-15/h2-8,26H,9-13H2,1H3,(H,20,25). The number of aliphatic hydroxyl groups is 1. The minimum Gasteiger partial charge on any atom is -0.380 e. The monoisotopic (exact) mass is 386 g/mol. The SMILES string of the molecule is Cc1nnc(CNC(=O)C2(O)CCN(C(=O)C=Cc3ccccc3)CC2)s1. The molecule has 0 saturated carbocycles. The van der Waals surface area contributed by atoms with Crippen molar-refractivity contribution in [3.63, 3.8) is 0 Å². The summed E-state index contributed by atoms with van der Waals surface area (Å²) in [6, 6.07) is 9.58. The van der Waals surface area contributed by atoms with Crippen molar-refractivity contribution in [3.05, 3.63) is 52.0 Å². The van der Waals surface area contributed by atoms with Crippen LogP contribution in [0.4, 0.5) is 0 Å². The number of amides is 2. The lowest BCUT2D eigenvalue weighted by atomic mass is 9.90. The molecule has 1 aromatic carbocycles. The molecule has 3 rings (SSSR count). The predicted molar refractivity (Wildman–Crippen MR) is 103 cm³/mol. The van der Waals surface area contributed by atoms with Crippen LogP contribution in [0.3, 0.4) is 0 Å². The van der Waals surface area contributed by atoms with Gasteiger partial charge in [0, 0.05) is 32.0 Å². The van der Waals surface area contributed by atoms with Crippen molar-refractivity contribution in [2.45, 2.75) is 31.9 Å². The number of hydrogen-bond acceptors (Lipinski definition) is 6. The van der Waals surface area contributed by atoms with E-state index in [-0.39, 0.29) is 25.3 Å². The summed E-state index contributed by atoms with van der Waals surface area (Å²) in [6.07, 6.45) is 3.70. The minimum absolute atomic E-state index is 0.120. The summed E-state index contributed by atoms with van der Waals surface area (Å²) < 4.78 is 0. The van der Waals surface area contributed by atoms with E-state index in [1.165, 1.54) is 17.4 Å². The van der Waals surface area contributed by atoms with Gasteiger partial charge in [0.15, 0.2) is 0 Å². The van der Waals surface area contributed by atoms with E-state index < -0.39 is 11.5 Å².